The summed E-state index contributed by atoms with van der Waals surface area (Å²) in [7, 11) is -3.64. The van der Waals surface area contributed by atoms with E-state index >= 15 is 0 Å². The highest BCUT2D eigenvalue weighted by atomic mass is 32.2. The molecule has 0 atom stereocenters. The van der Waals surface area contributed by atoms with Gasteiger partial charge in [-0.25, -0.2) is 8.42 Å². The van der Waals surface area contributed by atoms with Crippen LogP contribution in [0.15, 0.2) is 47.5 Å². The van der Waals surface area contributed by atoms with E-state index in [-0.39, 0.29) is 10.6 Å². The zero-order valence-corrected chi connectivity index (χ0v) is 10.5. The van der Waals surface area contributed by atoms with Crippen molar-refractivity contribution in [2.45, 2.75) is 11.8 Å². The summed E-state index contributed by atoms with van der Waals surface area (Å²) in [5, 5.41) is 9.13. The molecule has 0 bridgehead atoms. The molecule has 2 rings (SSSR count). The average Bonchev–Trinajstić information content (AvgIpc) is 2.29. The van der Waals surface area contributed by atoms with Gasteiger partial charge in [0.2, 0.25) is 0 Å². The van der Waals surface area contributed by atoms with E-state index in [9.17, 15) is 8.42 Å². The topological polar surface area (TPSA) is 79.3 Å². The number of anilines is 1. The first-order valence-electron chi connectivity index (χ1n) is 5.22. The molecule has 0 saturated carbocycles. The van der Waals surface area contributed by atoms with E-state index in [2.05, 4.69) is 9.71 Å². The molecule has 1 aromatic heterocycles. The highest BCUT2D eigenvalue weighted by Gasteiger charge is 2.13. The molecule has 0 spiro atoms. The monoisotopic (exact) mass is 264 g/mol. The number of benzene rings is 1. The van der Waals surface area contributed by atoms with Crippen molar-refractivity contribution in [2.24, 2.45) is 0 Å². The maximum Gasteiger partial charge on any atom is 0.261 e. The van der Waals surface area contributed by atoms with Gasteiger partial charge in [0.25, 0.3) is 10.0 Å². The summed E-state index contributed by atoms with van der Waals surface area (Å²) >= 11 is 0. The zero-order chi connectivity index (χ0) is 13.2. The van der Waals surface area contributed by atoms with E-state index in [1.807, 2.05) is 0 Å². The smallest absolute Gasteiger partial charge is 0.261 e. The van der Waals surface area contributed by atoms with Crippen molar-refractivity contribution in [3.05, 3.63) is 48.3 Å². The summed E-state index contributed by atoms with van der Waals surface area (Å²) in [5.74, 6) is 0.0219. The molecular formula is C12H12N2O3S. The number of aryl methyl sites for hydroxylation is 1. The number of aromatic nitrogens is 1. The molecule has 1 heterocycles. The molecule has 2 aromatic rings. The van der Waals surface area contributed by atoms with E-state index in [1.54, 1.807) is 19.1 Å². The summed E-state index contributed by atoms with van der Waals surface area (Å²) in [6.45, 7) is 1.78. The Morgan fingerprint density at radius 1 is 1.17 bits per heavy atom. The summed E-state index contributed by atoms with van der Waals surface area (Å²) in [6.07, 6.45) is 1.53. The first-order chi connectivity index (χ1) is 8.47. The third-order valence-corrected chi connectivity index (χ3v) is 3.69. The molecule has 0 unspecified atom stereocenters. The summed E-state index contributed by atoms with van der Waals surface area (Å²) in [5.41, 5.74) is 1.18. The molecule has 0 saturated heterocycles. The minimum Gasteiger partial charge on any atom is -0.508 e. The fourth-order valence-corrected chi connectivity index (χ4v) is 2.50. The SMILES string of the molecule is Cc1cc(NS(=O)(=O)c2ccc(O)cc2)ccn1. The van der Waals surface area contributed by atoms with Crippen molar-refractivity contribution in [2.75, 3.05) is 4.72 Å². The van der Waals surface area contributed by atoms with Gasteiger partial charge in [-0.2, -0.15) is 0 Å². The van der Waals surface area contributed by atoms with Crippen LogP contribution in [0.2, 0.25) is 0 Å². The van der Waals surface area contributed by atoms with Crippen LogP contribution in [0.4, 0.5) is 5.69 Å². The number of aromatic hydroxyl groups is 1. The molecule has 2 N–H and O–H groups in total. The van der Waals surface area contributed by atoms with E-state index in [1.165, 1.54) is 30.5 Å². The normalized spacial score (nSPS) is 11.2. The molecule has 0 aliphatic heterocycles. The van der Waals surface area contributed by atoms with E-state index in [0.717, 1.165) is 5.69 Å². The number of hydrogen-bond acceptors (Lipinski definition) is 4. The Labute approximate surface area is 105 Å². The molecular weight excluding hydrogens is 252 g/mol. The van der Waals surface area contributed by atoms with E-state index in [0.29, 0.717) is 5.69 Å². The lowest BCUT2D eigenvalue weighted by molar-refractivity contribution is 0.475. The second-order valence-electron chi connectivity index (χ2n) is 3.79. The number of rotatable bonds is 3. The third-order valence-electron chi connectivity index (χ3n) is 2.30. The quantitative estimate of drug-likeness (QED) is 0.887. The number of hydrogen-bond donors (Lipinski definition) is 2. The van der Waals surface area contributed by atoms with Gasteiger partial charge < -0.3 is 5.11 Å². The Bertz CT molecular complexity index is 651. The third kappa shape index (κ3) is 2.78. The molecule has 0 aliphatic carbocycles. The molecule has 0 fully saturated rings. The number of sulfonamides is 1. The lowest BCUT2D eigenvalue weighted by Crippen LogP contribution is -2.12. The van der Waals surface area contributed by atoms with Crippen LogP contribution in [-0.4, -0.2) is 18.5 Å². The number of nitrogens with zero attached hydrogens (tertiary/aromatic N) is 1. The molecule has 5 nitrogen and oxygen atoms in total. The maximum absolute atomic E-state index is 12.0. The summed E-state index contributed by atoms with van der Waals surface area (Å²) in [4.78, 5) is 4.08. The lowest BCUT2D eigenvalue weighted by atomic mass is 10.3. The number of phenols is 1. The summed E-state index contributed by atoms with van der Waals surface area (Å²) in [6, 6.07) is 8.54. The number of phenolic OH excluding ortho intramolecular Hbond substituents is 1. The van der Waals surface area contributed by atoms with Gasteiger partial charge in [0.15, 0.2) is 0 Å². The molecule has 94 valence electrons. The number of pyridine rings is 1. The predicted octanol–water partition coefficient (Wildman–Crippen LogP) is 1.90. The van der Waals surface area contributed by atoms with Crippen LogP contribution in [0.3, 0.4) is 0 Å². The Morgan fingerprint density at radius 2 is 1.83 bits per heavy atom. The van der Waals surface area contributed by atoms with Gasteiger partial charge in [0, 0.05) is 11.9 Å². The van der Waals surface area contributed by atoms with Gasteiger partial charge in [-0.05, 0) is 43.3 Å². The fraction of sp³-hybridized carbons (Fsp3) is 0.0833. The molecule has 1 aromatic carbocycles. The van der Waals surface area contributed by atoms with Crippen molar-refractivity contribution in [1.82, 2.24) is 4.98 Å². The van der Waals surface area contributed by atoms with Crippen molar-refractivity contribution >= 4 is 15.7 Å². The van der Waals surface area contributed by atoms with Crippen LogP contribution in [-0.2, 0) is 10.0 Å². The predicted molar refractivity (Wildman–Crippen MR) is 67.9 cm³/mol. The minimum atomic E-state index is -3.64. The van der Waals surface area contributed by atoms with Crippen LogP contribution in [0.1, 0.15) is 5.69 Å². The van der Waals surface area contributed by atoms with Gasteiger partial charge in [0.1, 0.15) is 5.75 Å². The van der Waals surface area contributed by atoms with E-state index in [4.69, 9.17) is 5.11 Å². The van der Waals surface area contributed by atoms with Gasteiger partial charge in [-0.15, -0.1) is 0 Å². The summed E-state index contributed by atoms with van der Waals surface area (Å²) < 4.78 is 26.5. The zero-order valence-electron chi connectivity index (χ0n) is 9.66. The Hall–Kier alpha value is -2.08. The lowest BCUT2D eigenvalue weighted by Gasteiger charge is -2.08. The van der Waals surface area contributed by atoms with Crippen molar-refractivity contribution < 1.29 is 13.5 Å². The van der Waals surface area contributed by atoms with Gasteiger partial charge in [-0.3, -0.25) is 9.71 Å². The van der Waals surface area contributed by atoms with Crippen molar-refractivity contribution in [3.8, 4) is 5.75 Å². The standard InChI is InChI=1S/C12H12N2O3S/c1-9-8-10(6-7-13-9)14-18(16,17)12-4-2-11(15)3-5-12/h2-8,15H,1H3,(H,13,14). The molecule has 0 radical (unpaired) electrons. The highest BCUT2D eigenvalue weighted by Crippen LogP contribution is 2.18. The largest absolute Gasteiger partial charge is 0.508 e. The Morgan fingerprint density at radius 3 is 2.44 bits per heavy atom. The maximum atomic E-state index is 12.0. The molecule has 0 aliphatic rings. The second-order valence-corrected chi connectivity index (χ2v) is 5.47. The van der Waals surface area contributed by atoms with Crippen LogP contribution in [0.5, 0.6) is 5.75 Å². The van der Waals surface area contributed by atoms with Crippen LogP contribution < -0.4 is 4.72 Å². The first-order valence-corrected chi connectivity index (χ1v) is 6.70. The Kier molecular flexibility index (Phi) is 3.20. The first kappa shape index (κ1) is 12.4. The highest BCUT2D eigenvalue weighted by molar-refractivity contribution is 7.92. The van der Waals surface area contributed by atoms with E-state index < -0.39 is 10.0 Å². The van der Waals surface area contributed by atoms with Crippen LogP contribution in [0, 0.1) is 6.92 Å². The average molecular weight is 264 g/mol. The molecule has 6 heteroatoms. The minimum absolute atomic E-state index is 0.0219. The van der Waals surface area contributed by atoms with Crippen LogP contribution in [0.25, 0.3) is 0 Å². The van der Waals surface area contributed by atoms with Crippen molar-refractivity contribution in [1.29, 1.82) is 0 Å². The Balaban J connectivity index is 2.30. The van der Waals surface area contributed by atoms with Crippen LogP contribution >= 0.6 is 0 Å². The molecule has 18 heavy (non-hydrogen) atoms. The van der Waals surface area contributed by atoms with Gasteiger partial charge >= 0.3 is 0 Å². The second kappa shape index (κ2) is 4.66. The number of nitrogens with one attached hydrogen (secondary N) is 1. The fourth-order valence-electron chi connectivity index (χ4n) is 1.45. The van der Waals surface area contributed by atoms with Gasteiger partial charge in [0.05, 0.1) is 10.6 Å². The van der Waals surface area contributed by atoms with Gasteiger partial charge in [-0.1, -0.05) is 0 Å². The van der Waals surface area contributed by atoms with Crippen molar-refractivity contribution in [3.63, 3.8) is 0 Å². The molecule has 0 amide bonds.